The minimum absolute atomic E-state index is 0.732. The van der Waals surface area contributed by atoms with Gasteiger partial charge in [-0.05, 0) is 17.7 Å². The SMILES string of the molecule is CCc1nncn1CCNC(=NC)NCc1ccc(N2CCOCC2)cc1. The molecule has 3 rings (SSSR count). The summed E-state index contributed by atoms with van der Waals surface area (Å²) >= 11 is 0. The van der Waals surface area contributed by atoms with Crippen LogP contribution in [-0.2, 0) is 24.2 Å². The molecule has 1 aromatic heterocycles. The van der Waals surface area contributed by atoms with E-state index in [0.717, 1.165) is 64.1 Å². The van der Waals surface area contributed by atoms with Crippen LogP contribution >= 0.6 is 0 Å². The average molecular weight is 371 g/mol. The number of hydrogen-bond acceptors (Lipinski definition) is 5. The van der Waals surface area contributed by atoms with Crippen molar-refractivity contribution in [1.82, 2.24) is 25.4 Å². The van der Waals surface area contributed by atoms with Gasteiger partial charge < -0.3 is 24.8 Å². The Morgan fingerprint density at radius 1 is 1.19 bits per heavy atom. The van der Waals surface area contributed by atoms with Crippen molar-refractivity contribution >= 4 is 11.6 Å². The van der Waals surface area contributed by atoms with Gasteiger partial charge in [0.25, 0.3) is 0 Å². The Morgan fingerprint density at radius 2 is 1.96 bits per heavy atom. The van der Waals surface area contributed by atoms with Gasteiger partial charge in [-0.25, -0.2) is 0 Å². The van der Waals surface area contributed by atoms with E-state index >= 15 is 0 Å². The van der Waals surface area contributed by atoms with Crippen molar-refractivity contribution < 1.29 is 4.74 Å². The smallest absolute Gasteiger partial charge is 0.191 e. The van der Waals surface area contributed by atoms with E-state index in [0.29, 0.717) is 0 Å². The molecule has 8 nitrogen and oxygen atoms in total. The molecule has 0 amide bonds. The Morgan fingerprint density at radius 3 is 2.67 bits per heavy atom. The molecule has 27 heavy (non-hydrogen) atoms. The van der Waals surface area contributed by atoms with Crippen molar-refractivity contribution in [2.24, 2.45) is 4.99 Å². The summed E-state index contributed by atoms with van der Waals surface area (Å²) in [6.07, 6.45) is 2.65. The molecule has 0 atom stereocenters. The van der Waals surface area contributed by atoms with Crippen LogP contribution in [-0.4, -0.2) is 60.6 Å². The first kappa shape index (κ1) is 19.2. The summed E-state index contributed by atoms with van der Waals surface area (Å²) in [7, 11) is 1.78. The third-order valence-corrected chi connectivity index (χ3v) is 4.65. The van der Waals surface area contributed by atoms with E-state index in [4.69, 9.17) is 4.74 Å². The second-order valence-electron chi connectivity index (χ2n) is 6.41. The van der Waals surface area contributed by atoms with Gasteiger partial charge in [0.15, 0.2) is 5.96 Å². The lowest BCUT2D eigenvalue weighted by molar-refractivity contribution is 0.122. The number of rotatable bonds is 7. The number of morpholine rings is 1. The second-order valence-corrected chi connectivity index (χ2v) is 6.41. The summed E-state index contributed by atoms with van der Waals surface area (Å²) in [5, 5.41) is 14.7. The maximum atomic E-state index is 5.41. The van der Waals surface area contributed by atoms with Gasteiger partial charge in [0.05, 0.1) is 13.2 Å². The van der Waals surface area contributed by atoms with Crippen molar-refractivity contribution in [3.63, 3.8) is 0 Å². The van der Waals surface area contributed by atoms with Gasteiger partial charge in [0.2, 0.25) is 0 Å². The number of benzene rings is 1. The fraction of sp³-hybridized carbons (Fsp3) is 0.526. The predicted octanol–water partition coefficient (Wildman–Crippen LogP) is 1.04. The molecule has 0 saturated carbocycles. The maximum Gasteiger partial charge on any atom is 0.191 e. The van der Waals surface area contributed by atoms with E-state index in [1.54, 1.807) is 13.4 Å². The van der Waals surface area contributed by atoms with Gasteiger partial charge in [0, 0.05) is 51.9 Å². The van der Waals surface area contributed by atoms with Crippen LogP contribution < -0.4 is 15.5 Å². The molecule has 2 heterocycles. The minimum Gasteiger partial charge on any atom is -0.378 e. The van der Waals surface area contributed by atoms with Crippen molar-refractivity contribution in [1.29, 1.82) is 0 Å². The summed E-state index contributed by atoms with van der Waals surface area (Å²) in [5.41, 5.74) is 2.48. The molecule has 1 aromatic carbocycles. The number of anilines is 1. The Kier molecular flexibility index (Phi) is 7.04. The first-order valence-corrected chi connectivity index (χ1v) is 9.53. The Labute approximate surface area is 160 Å². The summed E-state index contributed by atoms with van der Waals surface area (Å²) in [6, 6.07) is 8.68. The quantitative estimate of drug-likeness (QED) is 0.559. The lowest BCUT2D eigenvalue weighted by Gasteiger charge is -2.28. The number of hydrogen-bond donors (Lipinski definition) is 2. The molecule has 0 aliphatic carbocycles. The highest BCUT2D eigenvalue weighted by atomic mass is 16.5. The molecular weight excluding hydrogens is 342 g/mol. The first-order valence-electron chi connectivity index (χ1n) is 9.53. The fourth-order valence-corrected chi connectivity index (χ4v) is 3.09. The number of guanidine groups is 1. The number of aryl methyl sites for hydroxylation is 1. The molecule has 1 saturated heterocycles. The summed E-state index contributed by atoms with van der Waals surface area (Å²) in [6.45, 7) is 7.92. The van der Waals surface area contributed by atoms with Gasteiger partial charge in [-0.1, -0.05) is 19.1 Å². The number of ether oxygens (including phenoxy) is 1. The second kappa shape index (κ2) is 9.91. The molecule has 1 aliphatic heterocycles. The maximum absolute atomic E-state index is 5.41. The zero-order valence-corrected chi connectivity index (χ0v) is 16.2. The van der Waals surface area contributed by atoms with E-state index < -0.39 is 0 Å². The monoisotopic (exact) mass is 371 g/mol. The summed E-state index contributed by atoms with van der Waals surface area (Å²) in [5.74, 6) is 1.79. The number of nitrogens with one attached hydrogen (secondary N) is 2. The highest BCUT2D eigenvalue weighted by molar-refractivity contribution is 5.79. The Hall–Kier alpha value is -2.61. The van der Waals surface area contributed by atoms with Crippen LogP contribution in [0.5, 0.6) is 0 Å². The fourth-order valence-electron chi connectivity index (χ4n) is 3.09. The molecule has 0 spiro atoms. The molecule has 2 N–H and O–H groups in total. The zero-order valence-electron chi connectivity index (χ0n) is 16.2. The highest BCUT2D eigenvalue weighted by Gasteiger charge is 2.10. The van der Waals surface area contributed by atoms with Crippen molar-refractivity contribution in [3.05, 3.63) is 42.0 Å². The van der Waals surface area contributed by atoms with Crippen LogP contribution in [0.25, 0.3) is 0 Å². The Bertz CT molecular complexity index is 720. The van der Waals surface area contributed by atoms with Gasteiger partial charge in [-0.3, -0.25) is 4.99 Å². The number of aromatic nitrogens is 3. The molecule has 146 valence electrons. The van der Waals surface area contributed by atoms with Crippen LogP contribution in [0, 0.1) is 0 Å². The van der Waals surface area contributed by atoms with Gasteiger partial charge in [0.1, 0.15) is 12.2 Å². The number of aliphatic imine (C=N–C) groups is 1. The van der Waals surface area contributed by atoms with Crippen LogP contribution in [0.2, 0.25) is 0 Å². The van der Waals surface area contributed by atoms with E-state index in [1.165, 1.54) is 11.3 Å². The molecular formula is C19H29N7O. The highest BCUT2D eigenvalue weighted by Crippen LogP contribution is 2.16. The van der Waals surface area contributed by atoms with Crippen molar-refractivity contribution in [2.45, 2.75) is 26.4 Å². The molecule has 8 heteroatoms. The van der Waals surface area contributed by atoms with Crippen molar-refractivity contribution in [2.75, 3.05) is 44.8 Å². The van der Waals surface area contributed by atoms with Crippen LogP contribution in [0.4, 0.5) is 5.69 Å². The first-order chi connectivity index (χ1) is 13.3. The molecule has 0 radical (unpaired) electrons. The summed E-state index contributed by atoms with van der Waals surface area (Å²) < 4.78 is 7.47. The zero-order chi connectivity index (χ0) is 18.9. The molecule has 2 aromatic rings. The third-order valence-electron chi connectivity index (χ3n) is 4.65. The van der Waals surface area contributed by atoms with Gasteiger partial charge in [-0.15, -0.1) is 10.2 Å². The van der Waals surface area contributed by atoms with Crippen LogP contribution in [0.1, 0.15) is 18.3 Å². The standard InChI is InChI=1S/C19H29N7O/c1-3-18-24-23-15-26(18)9-8-21-19(20-2)22-14-16-4-6-17(7-5-16)25-10-12-27-13-11-25/h4-7,15H,3,8-14H2,1-2H3,(H2,20,21,22). The summed E-state index contributed by atoms with van der Waals surface area (Å²) in [4.78, 5) is 6.65. The topological polar surface area (TPSA) is 79.6 Å². The third kappa shape index (κ3) is 5.43. The largest absolute Gasteiger partial charge is 0.378 e. The van der Waals surface area contributed by atoms with Crippen LogP contribution in [0.15, 0.2) is 35.6 Å². The lowest BCUT2D eigenvalue weighted by Crippen LogP contribution is -2.38. The predicted molar refractivity (Wildman–Crippen MR) is 107 cm³/mol. The Balaban J connectivity index is 1.43. The van der Waals surface area contributed by atoms with Crippen LogP contribution in [0.3, 0.4) is 0 Å². The van der Waals surface area contributed by atoms with Crippen molar-refractivity contribution in [3.8, 4) is 0 Å². The molecule has 0 unspecified atom stereocenters. The van der Waals surface area contributed by atoms with E-state index in [9.17, 15) is 0 Å². The molecule has 1 aliphatic rings. The molecule has 1 fully saturated rings. The molecule has 0 bridgehead atoms. The number of nitrogens with zero attached hydrogens (tertiary/aromatic N) is 5. The lowest BCUT2D eigenvalue weighted by atomic mass is 10.2. The van der Waals surface area contributed by atoms with E-state index in [2.05, 4.69) is 66.5 Å². The van der Waals surface area contributed by atoms with Gasteiger partial charge in [-0.2, -0.15) is 0 Å². The average Bonchev–Trinajstić information content (AvgIpc) is 3.19. The van der Waals surface area contributed by atoms with Gasteiger partial charge >= 0.3 is 0 Å². The normalized spacial score (nSPS) is 15.0. The minimum atomic E-state index is 0.732. The van der Waals surface area contributed by atoms with E-state index in [1.807, 2.05) is 0 Å². The van der Waals surface area contributed by atoms with E-state index in [-0.39, 0.29) is 0 Å².